The molecule has 0 saturated carbocycles. The summed E-state index contributed by atoms with van der Waals surface area (Å²) in [6, 6.07) is 1.87. The van der Waals surface area contributed by atoms with Crippen molar-refractivity contribution in [1.82, 2.24) is 24.6 Å². The molecule has 2 aromatic rings. The van der Waals surface area contributed by atoms with Gasteiger partial charge in [0.2, 0.25) is 5.95 Å². The first-order chi connectivity index (χ1) is 12.4. The van der Waals surface area contributed by atoms with Crippen LogP contribution in [0, 0.1) is 0 Å². The van der Waals surface area contributed by atoms with Gasteiger partial charge in [-0.1, -0.05) is 0 Å². The van der Waals surface area contributed by atoms with E-state index in [1.807, 2.05) is 18.5 Å². The molecule has 1 aliphatic heterocycles. The minimum absolute atomic E-state index is 0.866. The molecule has 6 heteroatoms. The Kier molecular flexibility index (Phi) is 5.25. The van der Waals surface area contributed by atoms with Crippen molar-refractivity contribution in [3.63, 3.8) is 0 Å². The molecule has 1 saturated heterocycles. The van der Waals surface area contributed by atoms with Gasteiger partial charge in [-0.05, 0) is 56.7 Å². The number of fused-ring (bicyclic) bond motifs is 1. The number of aryl methyl sites for hydroxylation is 3. The number of unbranched alkanes of at least 4 members (excludes halogenated alkanes) is 1. The number of hydrogen-bond donors (Lipinski definition) is 0. The molecule has 0 unspecified atom stereocenters. The second-order valence-corrected chi connectivity index (χ2v) is 7.16. The third-order valence-electron chi connectivity index (χ3n) is 5.35. The Balaban J connectivity index is 1.16. The standard InChI is InChI=1S/C19H28N6/c1-2-7-18-17(6-1)16-25(22-18)11-4-3-10-23-12-14-24(15-13-23)19-20-8-5-9-21-19/h5,8-9,16H,1-4,6-7,10-15H2. The lowest BCUT2D eigenvalue weighted by Gasteiger charge is -2.34. The van der Waals surface area contributed by atoms with Crippen molar-refractivity contribution in [2.45, 2.75) is 45.1 Å². The Bertz CT molecular complexity index is 636. The first kappa shape index (κ1) is 16.5. The monoisotopic (exact) mass is 340 g/mol. The Hall–Kier alpha value is -1.95. The van der Waals surface area contributed by atoms with Crippen LogP contribution < -0.4 is 4.90 Å². The highest BCUT2D eigenvalue weighted by atomic mass is 15.3. The van der Waals surface area contributed by atoms with Gasteiger partial charge in [-0.25, -0.2) is 9.97 Å². The van der Waals surface area contributed by atoms with E-state index >= 15 is 0 Å². The van der Waals surface area contributed by atoms with Crippen LogP contribution in [0.1, 0.15) is 36.9 Å². The smallest absolute Gasteiger partial charge is 0.225 e. The highest BCUT2D eigenvalue weighted by molar-refractivity contribution is 5.29. The molecule has 0 spiro atoms. The fourth-order valence-corrected chi connectivity index (χ4v) is 3.88. The van der Waals surface area contributed by atoms with E-state index in [2.05, 4.69) is 30.6 Å². The fourth-order valence-electron chi connectivity index (χ4n) is 3.88. The summed E-state index contributed by atoms with van der Waals surface area (Å²) >= 11 is 0. The lowest BCUT2D eigenvalue weighted by atomic mass is 9.99. The summed E-state index contributed by atoms with van der Waals surface area (Å²) in [5.41, 5.74) is 2.84. The molecule has 4 rings (SSSR count). The summed E-state index contributed by atoms with van der Waals surface area (Å²) in [5.74, 6) is 0.866. The van der Waals surface area contributed by atoms with Gasteiger partial charge in [0.15, 0.2) is 0 Å². The molecule has 0 amide bonds. The second-order valence-electron chi connectivity index (χ2n) is 7.16. The maximum absolute atomic E-state index is 4.76. The molecule has 0 radical (unpaired) electrons. The highest BCUT2D eigenvalue weighted by Gasteiger charge is 2.18. The summed E-state index contributed by atoms with van der Waals surface area (Å²) in [7, 11) is 0. The zero-order chi connectivity index (χ0) is 16.9. The van der Waals surface area contributed by atoms with Crippen LogP contribution in [0.4, 0.5) is 5.95 Å². The summed E-state index contributed by atoms with van der Waals surface area (Å²) in [6.45, 7) is 6.50. The molecular formula is C19H28N6. The largest absolute Gasteiger partial charge is 0.338 e. The van der Waals surface area contributed by atoms with Crippen molar-refractivity contribution >= 4 is 5.95 Å². The van der Waals surface area contributed by atoms with Crippen LogP contribution in [-0.4, -0.2) is 57.4 Å². The predicted molar refractivity (Wildman–Crippen MR) is 98.8 cm³/mol. The molecule has 134 valence electrons. The molecule has 2 aliphatic rings. The van der Waals surface area contributed by atoms with E-state index in [4.69, 9.17) is 5.10 Å². The van der Waals surface area contributed by atoms with Crippen molar-refractivity contribution in [1.29, 1.82) is 0 Å². The van der Waals surface area contributed by atoms with E-state index in [0.717, 1.165) is 38.7 Å². The number of aromatic nitrogens is 4. The highest BCUT2D eigenvalue weighted by Crippen LogP contribution is 2.19. The minimum atomic E-state index is 0.866. The average molecular weight is 340 g/mol. The first-order valence-electron chi connectivity index (χ1n) is 9.68. The van der Waals surface area contributed by atoms with E-state index in [-0.39, 0.29) is 0 Å². The van der Waals surface area contributed by atoms with Gasteiger partial charge in [0.05, 0.1) is 5.69 Å². The van der Waals surface area contributed by atoms with Gasteiger partial charge >= 0.3 is 0 Å². The lowest BCUT2D eigenvalue weighted by Crippen LogP contribution is -2.47. The number of nitrogens with zero attached hydrogens (tertiary/aromatic N) is 6. The van der Waals surface area contributed by atoms with E-state index < -0.39 is 0 Å². The third kappa shape index (κ3) is 4.18. The molecule has 1 aliphatic carbocycles. The molecule has 6 nitrogen and oxygen atoms in total. The third-order valence-corrected chi connectivity index (χ3v) is 5.35. The Morgan fingerprint density at radius 2 is 1.64 bits per heavy atom. The van der Waals surface area contributed by atoms with E-state index in [1.165, 1.54) is 56.3 Å². The Labute approximate surface area is 149 Å². The van der Waals surface area contributed by atoms with Gasteiger partial charge < -0.3 is 4.90 Å². The maximum Gasteiger partial charge on any atom is 0.225 e. The van der Waals surface area contributed by atoms with Crippen molar-refractivity contribution < 1.29 is 0 Å². The molecule has 1 fully saturated rings. The van der Waals surface area contributed by atoms with Gasteiger partial charge in [0.1, 0.15) is 0 Å². The molecular weight excluding hydrogens is 312 g/mol. The summed E-state index contributed by atoms with van der Waals surface area (Å²) in [4.78, 5) is 13.5. The molecule has 25 heavy (non-hydrogen) atoms. The van der Waals surface area contributed by atoms with Gasteiger partial charge in [0, 0.05) is 51.3 Å². The first-order valence-corrected chi connectivity index (χ1v) is 9.68. The lowest BCUT2D eigenvalue weighted by molar-refractivity contribution is 0.249. The summed E-state index contributed by atoms with van der Waals surface area (Å²) in [6.07, 6.45) is 13.4. The predicted octanol–water partition coefficient (Wildman–Crippen LogP) is 2.15. The number of hydrogen-bond acceptors (Lipinski definition) is 5. The van der Waals surface area contributed by atoms with Gasteiger partial charge in [-0.3, -0.25) is 9.58 Å². The van der Waals surface area contributed by atoms with Crippen LogP contribution in [0.25, 0.3) is 0 Å². The van der Waals surface area contributed by atoms with Gasteiger partial charge in [0.25, 0.3) is 0 Å². The second kappa shape index (κ2) is 7.95. The summed E-state index contributed by atoms with van der Waals surface area (Å²) < 4.78 is 2.18. The molecule has 0 atom stereocenters. The minimum Gasteiger partial charge on any atom is -0.338 e. The summed E-state index contributed by atoms with van der Waals surface area (Å²) in [5, 5.41) is 4.76. The SMILES string of the molecule is c1cnc(N2CCN(CCCCn3cc4c(n3)CCCC4)CC2)nc1. The maximum atomic E-state index is 4.76. The number of rotatable bonds is 6. The average Bonchev–Trinajstić information content (AvgIpc) is 3.09. The molecule has 0 bridgehead atoms. The van der Waals surface area contributed by atoms with E-state index in [0.29, 0.717) is 0 Å². The van der Waals surface area contributed by atoms with Crippen LogP contribution in [0.15, 0.2) is 24.7 Å². The Morgan fingerprint density at radius 3 is 2.44 bits per heavy atom. The topological polar surface area (TPSA) is 50.1 Å². The van der Waals surface area contributed by atoms with Gasteiger partial charge in [-0.2, -0.15) is 5.10 Å². The van der Waals surface area contributed by atoms with Crippen molar-refractivity contribution in [2.24, 2.45) is 0 Å². The zero-order valence-electron chi connectivity index (χ0n) is 15.0. The Morgan fingerprint density at radius 1 is 0.880 bits per heavy atom. The van der Waals surface area contributed by atoms with Crippen molar-refractivity contribution in [2.75, 3.05) is 37.6 Å². The van der Waals surface area contributed by atoms with Crippen LogP contribution in [0.3, 0.4) is 0 Å². The van der Waals surface area contributed by atoms with Crippen LogP contribution in [0.5, 0.6) is 0 Å². The normalized spacial score (nSPS) is 18.3. The van der Waals surface area contributed by atoms with Crippen LogP contribution in [-0.2, 0) is 19.4 Å². The molecule has 0 aromatic carbocycles. The molecule has 2 aromatic heterocycles. The van der Waals surface area contributed by atoms with Crippen molar-refractivity contribution in [3.8, 4) is 0 Å². The molecule has 0 N–H and O–H groups in total. The quantitative estimate of drug-likeness (QED) is 0.754. The van der Waals surface area contributed by atoms with Crippen LogP contribution in [0.2, 0.25) is 0 Å². The van der Waals surface area contributed by atoms with Gasteiger partial charge in [-0.15, -0.1) is 0 Å². The van der Waals surface area contributed by atoms with E-state index in [1.54, 1.807) is 0 Å². The fraction of sp³-hybridized carbons (Fsp3) is 0.632. The van der Waals surface area contributed by atoms with Crippen LogP contribution >= 0.6 is 0 Å². The van der Waals surface area contributed by atoms with E-state index in [9.17, 15) is 0 Å². The number of anilines is 1. The van der Waals surface area contributed by atoms with Crippen molar-refractivity contribution in [3.05, 3.63) is 35.9 Å². The molecule has 3 heterocycles. The zero-order valence-corrected chi connectivity index (χ0v) is 15.0. The number of piperazine rings is 1.